The molecule has 0 saturated carbocycles. The van der Waals surface area contributed by atoms with Crippen LogP contribution >= 0.6 is 11.6 Å². The van der Waals surface area contributed by atoms with Crippen molar-refractivity contribution in [3.63, 3.8) is 0 Å². The van der Waals surface area contributed by atoms with Gasteiger partial charge in [-0.05, 0) is 32.0 Å². The molecule has 0 spiro atoms. The maximum Gasteiger partial charge on any atom is 0.323 e. The second-order valence-electron chi connectivity index (χ2n) is 4.43. The van der Waals surface area contributed by atoms with E-state index in [-0.39, 0.29) is 18.1 Å². The summed E-state index contributed by atoms with van der Waals surface area (Å²) >= 11 is 6.00. The van der Waals surface area contributed by atoms with Crippen molar-refractivity contribution in [1.29, 1.82) is 0 Å². The predicted molar refractivity (Wildman–Crippen MR) is 79.8 cm³/mol. The van der Waals surface area contributed by atoms with E-state index in [4.69, 9.17) is 16.3 Å². The van der Waals surface area contributed by atoms with Gasteiger partial charge in [0.2, 0.25) is 11.9 Å². The summed E-state index contributed by atoms with van der Waals surface area (Å²) in [4.78, 5) is 12.3. The fourth-order valence-corrected chi connectivity index (χ4v) is 1.67. The number of rotatable bonds is 5. The fraction of sp³-hybridized carbons (Fsp3) is 0.308. The highest BCUT2D eigenvalue weighted by Gasteiger charge is 2.10. The number of hydrogen-bond acceptors (Lipinski definition) is 6. The number of ether oxygens (including phenoxy) is 1. The molecule has 112 valence electrons. The van der Waals surface area contributed by atoms with Crippen LogP contribution in [0.25, 0.3) is 0 Å². The van der Waals surface area contributed by atoms with E-state index in [1.807, 2.05) is 13.8 Å². The van der Waals surface area contributed by atoms with Crippen molar-refractivity contribution < 1.29 is 9.13 Å². The van der Waals surface area contributed by atoms with Crippen LogP contribution in [0.1, 0.15) is 13.8 Å². The Morgan fingerprint density at radius 2 is 1.90 bits per heavy atom. The number of nitrogens with one attached hydrogen (secondary N) is 2. The minimum atomic E-state index is -0.413. The first kappa shape index (κ1) is 15.2. The molecule has 8 heteroatoms. The van der Waals surface area contributed by atoms with Crippen LogP contribution in [0.4, 0.5) is 22.0 Å². The molecule has 0 aliphatic rings. The Kier molecular flexibility index (Phi) is 4.74. The zero-order chi connectivity index (χ0) is 15.4. The Bertz CT molecular complexity index is 638. The van der Waals surface area contributed by atoms with Gasteiger partial charge in [-0.3, -0.25) is 0 Å². The maximum absolute atomic E-state index is 13.3. The fourth-order valence-electron chi connectivity index (χ4n) is 1.50. The molecule has 0 atom stereocenters. The number of anilines is 3. The summed E-state index contributed by atoms with van der Waals surface area (Å²) in [6, 6.07) is 4.14. The van der Waals surface area contributed by atoms with Gasteiger partial charge in [0.25, 0.3) is 0 Å². The zero-order valence-electron chi connectivity index (χ0n) is 11.8. The van der Waals surface area contributed by atoms with E-state index >= 15 is 0 Å². The molecule has 1 aromatic heterocycles. The molecule has 2 N–H and O–H groups in total. The van der Waals surface area contributed by atoms with Crippen molar-refractivity contribution in [3.8, 4) is 6.01 Å². The van der Waals surface area contributed by atoms with Gasteiger partial charge in [0.1, 0.15) is 5.82 Å². The molecule has 0 bridgehead atoms. The summed E-state index contributed by atoms with van der Waals surface area (Å²) in [6.45, 7) is 3.72. The normalized spacial score (nSPS) is 10.6. The summed E-state index contributed by atoms with van der Waals surface area (Å²) in [7, 11) is 1.67. The molecule has 0 aliphatic carbocycles. The highest BCUT2D eigenvalue weighted by atomic mass is 35.5. The average molecular weight is 312 g/mol. The first-order chi connectivity index (χ1) is 9.97. The van der Waals surface area contributed by atoms with E-state index in [2.05, 4.69) is 25.6 Å². The molecule has 2 rings (SSSR count). The lowest BCUT2D eigenvalue weighted by molar-refractivity contribution is 0.222. The Morgan fingerprint density at radius 1 is 1.19 bits per heavy atom. The number of halogens is 2. The molecule has 0 aliphatic heterocycles. The van der Waals surface area contributed by atoms with Crippen molar-refractivity contribution >= 4 is 29.2 Å². The molecule has 1 aromatic carbocycles. The van der Waals surface area contributed by atoms with Crippen LogP contribution in [0.2, 0.25) is 5.02 Å². The van der Waals surface area contributed by atoms with Gasteiger partial charge in [0, 0.05) is 7.05 Å². The minimum absolute atomic E-state index is 0.0808. The maximum atomic E-state index is 13.3. The predicted octanol–water partition coefficient (Wildman–Crippen LogP) is 3.24. The molecule has 0 saturated heterocycles. The summed E-state index contributed by atoms with van der Waals surface area (Å²) in [6.07, 6.45) is -0.0808. The van der Waals surface area contributed by atoms with Gasteiger partial charge in [-0.1, -0.05) is 11.6 Å². The van der Waals surface area contributed by atoms with E-state index < -0.39 is 5.82 Å². The molecular formula is C13H15ClFN5O. The van der Waals surface area contributed by atoms with Gasteiger partial charge < -0.3 is 15.4 Å². The van der Waals surface area contributed by atoms with Crippen LogP contribution in [0, 0.1) is 5.82 Å². The number of aromatic nitrogens is 3. The van der Waals surface area contributed by atoms with Crippen molar-refractivity contribution in [2.75, 3.05) is 17.7 Å². The topological polar surface area (TPSA) is 72.0 Å². The molecule has 0 radical (unpaired) electrons. The van der Waals surface area contributed by atoms with Gasteiger partial charge in [-0.2, -0.15) is 15.0 Å². The van der Waals surface area contributed by atoms with Crippen molar-refractivity contribution in [2.24, 2.45) is 0 Å². The Labute approximate surface area is 126 Å². The van der Waals surface area contributed by atoms with E-state index in [0.29, 0.717) is 16.7 Å². The summed E-state index contributed by atoms with van der Waals surface area (Å²) in [5.41, 5.74) is 0.361. The number of benzene rings is 1. The number of nitrogens with zero attached hydrogens (tertiary/aromatic N) is 3. The largest absolute Gasteiger partial charge is 0.461 e. The van der Waals surface area contributed by atoms with Crippen molar-refractivity contribution in [2.45, 2.75) is 20.0 Å². The molecule has 2 aromatic rings. The Balaban J connectivity index is 2.32. The molecule has 0 fully saturated rings. The third kappa shape index (κ3) is 4.16. The third-order valence-corrected chi connectivity index (χ3v) is 2.68. The molecule has 1 heterocycles. The van der Waals surface area contributed by atoms with Crippen LogP contribution in [0.3, 0.4) is 0 Å². The van der Waals surface area contributed by atoms with Crippen LogP contribution in [-0.2, 0) is 0 Å². The lowest BCUT2D eigenvalue weighted by atomic mass is 10.3. The van der Waals surface area contributed by atoms with Gasteiger partial charge in [0.05, 0.1) is 16.8 Å². The summed E-state index contributed by atoms with van der Waals surface area (Å²) in [5.74, 6) is 0.122. The smallest absolute Gasteiger partial charge is 0.323 e. The highest BCUT2D eigenvalue weighted by molar-refractivity contribution is 6.33. The summed E-state index contributed by atoms with van der Waals surface area (Å²) in [5, 5.41) is 6.01. The highest BCUT2D eigenvalue weighted by Crippen LogP contribution is 2.25. The van der Waals surface area contributed by atoms with Gasteiger partial charge in [0.15, 0.2) is 0 Å². The Hall–Kier alpha value is -2.15. The number of hydrogen-bond donors (Lipinski definition) is 2. The summed E-state index contributed by atoms with van der Waals surface area (Å²) < 4.78 is 18.7. The van der Waals surface area contributed by atoms with Crippen molar-refractivity contribution in [3.05, 3.63) is 29.0 Å². The van der Waals surface area contributed by atoms with Crippen LogP contribution in [-0.4, -0.2) is 28.1 Å². The van der Waals surface area contributed by atoms with Crippen LogP contribution in [0.5, 0.6) is 6.01 Å². The van der Waals surface area contributed by atoms with E-state index in [9.17, 15) is 4.39 Å². The minimum Gasteiger partial charge on any atom is -0.461 e. The quantitative estimate of drug-likeness (QED) is 0.883. The van der Waals surface area contributed by atoms with Gasteiger partial charge in [-0.15, -0.1) is 0 Å². The lowest BCUT2D eigenvalue weighted by Gasteiger charge is -2.11. The van der Waals surface area contributed by atoms with E-state index in [0.717, 1.165) is 0 Å². The van der Waals surface area contributed by atoms with Crippen molar-refractivity contribution in [1.82, 2.24) is 15.0 Å². The van der Waals surface area contributed by atoms with Gasteiger partial charge in [-0.25, -0.2) is 4.39 Å². The standard InChI is InChI=1S/C13H15ClFN5O/c1-7(2)21-13-19-11(16-3)18-12(20-13)17-10-6-8(15)4-5-9(10)14/h4-7H,1-3H3,(H2,16,17,18,19,20). The van der Waals surface area contributed by atoms with Crippen LogP contribution < -0.4 is 15.4 Å². The second kappa shape index (κ2) is 6.53. The lowest BCUT2D eigenvalue weighted by Crippen LogP contribution is -2.12. The Morgan fingerprint density at radius 3 is 2.57 bits per heavy atom. The molecule has 6 nitrogen and oxygen atoms in total. The van der Waals surface area contributed by atoms with Gasteiger partial charge >= 0.3 is 6.01 Å². The first-order valence-corrected chi connectivity index (χ1v) is 6.68. The van der Waals surface area contributed by atoms with Crippen LogP contribution in [0.15, 0.2) is 18.2 Å². The third-order valence-electron chi connectivity index (χ3n) is 2.35. The first-order valence-electron chi connectivity index (χ1n) is 6.30. The molecule has 0 unspecified atom stereocenters. The average Bonchev–Trinajstić information content (AvgIpc) is 2.42. The molecule has 0 amide bonds. The van der Waals surface area contributed by atoms with E-state index in [1.165, 1.54) is 18.2 Å². The van der Waals surface area contributed by atoms with E-state index in [1.54, 1.807) is 7.05 Å². The zero-order valence-corrected chi connectivity index (χ0v) is 12.6. The SMILES string of the molecule is CNc1nc(Nc2cc(F)ccc2Cl)nc(OC(C)C)n1. The monoisotopic (exact) mass is 311 g/mol. The second-order valence-corrected chi connectivity index (χ2v) is 4.84. The molecule has 21 heavy (non-hydrogen) atoms. The molecular weight excluding hydrogens is 297 g/mol.